The fraction of sp³-hybridized carbons (Fsp3) is 0.625. The molecule has 2 atom stereocenters. The molecule has 1 aromatic rings. The lowest BCUT2D eigenvalue weighted by molar-refractivity contribution is 0.151. The van der Waals surface area contributed by atoms with Crippen molar-refractivity contribution in [2.75, 3.05) is 13.1 Å². The van der Waals surface area contributed by atoms with Gasteiger partial charge in [-0.15, -0.1) is 0 Å². The fourth-order valence-electron chi connectivity index (χ4n) is 3.04. The minimum absolute atomic E-state index is 0.297. The predicted octanol–water partition coefficient (Wildman–Crippen LogP) is 3.91. The molecule has 0 saturated carbocycles. The van der Waals surface area contributed by atoms with Crippen LogP contribution in [0.4, 0.5) is 0 Å². The van der Waals surface area contributed by atoms with Crippen molar-refractivity contribution in [3.8, 4) is 0 Å². The molecule has 1 aliphatic heterocycles. The van der Waals surface area contributed by atoms with E-state index in [1.165, 1.54) is 31.2 Å². The van der Waals surface area contributed by atoms with Crippen molar-refractivity contribution in [2.24, 2.45) is 5.73 Å². The Bertz CT molecular complexity index is 419. The van der Waals surface area contributed by atoms with E-state index >= 15 is 0 Å². The van der Waals surface area contributed by atoms with Crippen molar-refractivity contribution >= 4 is 11.6 Å². The molecule has 1 fully saturated rings. The number of rotatable bonds is 3. The Balaban J connectivity index is 2.24. The Labute approximate surface area is 121 Å². The van der Waals surface area contributed by atoms with Gasteiger partial charge in [0.1, 0.15) is 0 Å². The van der Waals surface area contributed by atoms with Crippen molar-refractivity contribution in [1.82, 2.24) is 4.90 Å². The molecule has 1 heterocycles. The number of aryl methyl sites for hydroxylation is 1. The second-order valence-corrected chi connectivity index (χ2v) is 6.10. The SMILES string of the molecule is Cc1ccc(C(CN)N2CCCCCC2C)cc1Cl. The van der Waals surface area contributed by atoms with Gasteiger partial charge in [0.25, 0.3) is 0 Å². The van der Waals surface area contributed by atoms with E-state index in [9.17, 15) is 0 Å². The molecule has 0 bridgehead atoms. The largest absolute Gasteiger partial charge is 0.329 e. The third-order valence-electron chi connectivity index (χ3n) is 4.31. The van der Waals surface area contributed by atoms with Crippen LogP contribution in [-0.4, -0.2) is 24.0 Å². The number of benzene rings is 1. The maximum absolute atomic E-state index is 6.26. The molecular weight excluding hydrogens is 256 g/mol. The molecule has 0 spiro atoms. The molecule has 0 amide bonds. The number of nitrogens with zero attached hydrogens (tertiary/aromatic N) is 1. The maximum Gasteiger partial charge on any atom is 0.0473 e. The number of hydrogen-bond donors (Lipinski definition) is 1. The molecule has 0 radical (unpaired) electrons. The first-order valence-corrected chi connectivity index (χ1v) is 7.73. The van der Waals surface area contributed by atoms with Crippen LogP contribution >= 0.6 is 11.6 Å². The van der Waals surface area contributed by atoms with Gasteiger partial charge in [-0.1, -0.05) is 36.6 Å². The van der Waals surface area contributed by atoms with Gasteiger partial charge < -0.3 is 5.73 Å². The summed E-state index contributed by atoms with van der Waals surface area (Å²) in [4.78, 5) is 2.56. The zero-order valence-electron chi connectivity index (χ0n) is 12.0. The summed E-state index contributed by atoms with van der Waals surface area (Å²) in [7, 11) is 0. The van der Waals surface area contributed by atoms with E-state index in [1.54, 1.807) is 0 Å². The number of nitrogens with two attached hydrogens (primary N) is 1. The van der Waals surface area contributed by atoms with Gasteiger partial charge in [0.2, 0.25) is 0 Å². The Morgan fingerprint density at radius 1 is 1.37 bits per heavy atom. The van der Waals surface area contributed by atoms with Crippen LogP contribution in [0.25, 0.3) is 0 Å². The lowest BCUT2D eigenvalue weighted by Crippen LogP contribution is -2.39. The summed E-state index contributed by atoms with van der Waals surface area (Å²) in [6.07, 6.45) is 5.23. The van der Waals surface area contributed by atoms with Gasteiger partial charge in [0, 0.05) is 23.7 Å². The first-order chi connectivity index (χ1) is 9.13. The Morgan fingerprint density at radius 2 is 2.16 bits per heavy atom. The maximum atomic E-state index is 6.26. The van der Waals surface area contributed by atoms with Crippen molar-refractivity contribution in [3.05, 3.63) is 34.3 Å². The van der Waals surface area contributed by atoms with E-state index < -0.39 is 0 Å². The minimum atomic E-state index is 0.297. The summed E-state index contributed by atoms with van der Waals surface area (Å²) in [5, 5.41) is 0.846. The van der Waals surface area contributed by atoms with E-state index in [1.807, 2.05) is 6.92 Å². The summed E-state index contributed by atoms with van der Waals surface area (Å²) in [5.74, 6) is 0. The van der Waals surface area contributed by atoms with Gasteiger partial charge in [0.05, 0.1) is 0 Å². The second-order valence-electron chi connectivity index (χ2n) is 5.70. The van der Waals surface area contributed by atoms with Gasteiger partial charge >= 0.3 is 0 Å². The zero-order valence-corrected chi connectivity index (χ0v) is 12.8. The number of likely N-dealkylation sites (tertiary alicyclic amines) is 1. The van der Waals surface area contributed by atoms with Crippen molar-refractivity contribution in [2.45, 2.75) is 51.6 Å². The molecule has 1 saturated heterocycles. The predicted molar refractivity (Wildman–Crippen MR) is 82.6 cm³/mol. The zero-order chi connectivity index (χ0) is 13.8. The van der Waals surface area contributed by atoms with Crippen LogP contribution in [0.1, 0.15) is 49.8 Å². The number of hydrogen-bond acceptors (Lipinski definition) is 2. The van der Waals surface area contributed by atoms with Crippen LogP contribution < -0.4 is 5.73 Å². The third-order valence-corrected chi connectivity index (χ3v) is 4.72. The molecule has 106 valence electrons. The topological polar surface area (TPSA) is 29.3 Å². The van der Waals surface area contributed by atoms with Crippen molar-refractivity contribution in [3.63, 3.8) is 0 Å². The highest BCUT2D eigenvalue weighted by atomic mass is 35.5. The van der Waals surface area contributed by atoms with Crippen LogP contribution in [0.3, 0.4) is 0 Å². The molecule has 3 heteroatoms. The van der Waals surface area contributed by atoms with E-state index in [0.29, 0.717) is 18.6 Å². The smallest absolute Gasteiger partial charge is 0.0473 e. The molecule has 2 N–H and O–H groups in total. The second kappa shape index (κ2) is 6.74. The highest BCUT2D eigenvalue weighted by Crippen LogP contribution is 2.29. The van der Waals surface area contributed by atoms with Gasteiger partial charge in [0.15, 0.2) is 0 Å². The monoisotopic (exact) mass is 280 g/mol. The summed E-state index contributed by atoms with van der Waals surface area (Å²) in [6, 6.07) is 7.27. The van der Waals surface area contributed by atoms with Crippen LogP contribution in [0.5, 0.6) is 0 Å². The average Bonchev–Trinajstić information content (AvgIpc) is 2.60. The first-order valence-electron chi connectivity index (χ1n) is 7.35. The highest BCUT2D eigenvalue weighted by molar-refractivity contribution is 6.31. The Hall–Kier alpha value is -0.570. The van der Waals surface area contributed by atoms with E-state index in [-0.39, 0.29) is 0 Å². The minimum Gasteiger partial charge on any atom is -0.329 e. The quantitative estimate of drug-likeness (QED) is 0.909. The van der Waals surface area contributed by atoms with Gasteiger partial charge in [-0.25, -0.2) is 0 Å². The molecular formula is C16H25ClN2. The molecule has 0 aliphatic carbocycles. The molecule has 2 rings (SSSR count). The summed E-state index contributed by atoms with van der Waals surface area (Å²) >= 11 is 6.26. The van der Waals surface area contributed by atoms with Gasteiger partial charge in [-0.3, -0.25) is 4.90 Å². The number of halogens is 1. The molecule has 19 heavy (non-hydrogen) atoms. The lowest BCUT2D eigenvalue weighted by Gasteiger charge is -2.35. The molecule has 2 nitrogen and oxygen atoms in total. The summed E-state index contributed by atoms with van der Waals surface area (Å²) in [5.41, 5.74) is 8.44. The molecule has 2 unspecified atom stereocenters. The fourth-order valence-corrected chi connectivity index (χ4v) is 3.23. The van der Waals surface area contributed by atoms with Crippen LogP contribution in [0.15, 0.2) is 18.2 Å². The third kappa shape index (κ3) is 3.50. The Kier molecular flexibility index (Phi) is 5.26. The lowest BCUT2D eigenvalue weighted by atomic mass is 10.0. The molecule has 0 aromatic heterocycles. The summed E-state index contributed by atoms with van der Waals surface area (Å²) in [6.45, 7) is 6.17. The van der Waals surface area contributed by atoms with Crippen LogP contribution in [-0.2, 0) is 0 Å². The van der Waals surface area contributed by atoms with Crippen molar-refractivity contribution < 1.29 is 0 Å². The summed E-state index contributed by atoms with van der Waals surface area (Å²) < 4.78 is 0. The first kappa shape index (κ1) is 14.8. The van der Waals surface area contributed by atoms with Crippen LogP contribution in [0.2, 0.25) is 5.02 Å². The van der Waals surface area contributed by atoms with Crippen LogP contribution in [0, 0.1) is 6.92 Å². The van der Waals surface area contributed by atoms with Gasteiger partial charge in [-0.2, -0.15) is 0 Å². The average molecular weight is 281 g/mol. The van der Waals surface area contributed by atoms with E-state index in [4.69, 9.17) is 17.3 Å². The van der Waals surface area contributed by atoms with Gasteiger partial charge in [-0.05, 0) is 50.4 Å². The van der Waals surface area contributed by atoms with Crippen molar-refractivity contribution in [1.29, 1.82) is 0 Å². The molecule has 1 aromatic carbocycles. The Morgan fingerprint density at radius 3 is 2.84 bits per heavy atom. The highest BCUT2D eigenvalue weighted by Gasteiger charge is 2.25. The van der Waals surface area contributed by atoms with E-state index in [0.717, 1.165) is 17.1 Å². The van der Waals surface area contributed by atoms with E-state index in [2.05, 4.69) is 30.0 Å². The molecule has 1 aliphatic rings. The normalized spacial score (nSPS) is 23.1. The standard InChI is InChI=1S/C16H25ClN2/c1-12-7-8-14(10-15(12)17)16(11-18)19-9-5-3-4-6-13(19)2/h7-8,10,13,16H,3-6,9,11,18H2,1-2H3.